The summed E-state index contributed by atoms with van der Waals surface area (Å²) in [4.78, 5) is 12.1. The van der Waals surface area contributed by atoms with Crippen molar-refractivity contribution < 1.29 is 4.79 Å². The first-order valence-corrected chi connectivity index (χ1v) is 7.55. The number of amides is 1. The highest BCUT2D eigenvalue weighted by atomic mass is 35.5. The molecule has 1 aromatic carbocycles. The Hall–Kier alpha value is -1.06. The van der Waals surface area contributed by atoms with Crippen molar-refractivity contribution in [1.82, 2.24) is 5.32 Å². The third-order valence-electron chi connectivity index (χ3n) is 3.36. The van der Waals surface area contributed by atoms with Crippen LogP contribution in [0.15, 0.2) is 24.3 Å². The van der Waals surface area contributed by atoms with E-state index in [2.05, 4.69) is 19.2 Å². The van der Waals surface area contributed by atoms with Gasteiger partial charge in [0.1, 0.15) is 0 Å². The van der Waals surface area contributed by atoms with Gasteiger partial charge in [-0.15, -0.1) is 0 Å². The molecule has 3 N–H and O–H groups in total. The number of nitrogens with one attached hydrogen (secondary N) is 1. The molecule has 1 rings (SSSR count). The summed E-state index contributed by atoms with van der Waals surface area (Å²) in [5, 5.41) is 3.72. The number of nitrogens with two attached hydrogens (primary N) is 1. The first-order chi connectivity index (χ1) is 9.42. The molecule has 0 aliphatic carbocycles. The number of hydrogen-bond donors (Lipinski definition) is 2. The first kappa shape index (κ1) is 17.0. The van der Waals surface area contributed by atoms with E-state index in [0.717, 1.165) is 12.0 Å². The number of carbonyl (C=O) groups excluding carboxylic acids is 1. The van der Waals surface area contributed by atoms with Gasteiger partial charge in [0.2, 0.25) is 5.91 Å². The molecule has 1 aromatic rings. The molecule has 0 spiro atoms. The van der Waals surface area contributed by atoms with Crippen LogP contribution in [-0.2, 0) is 4.79 Å². The second kappa shape index (κ2) is 8.28. The zero-order valence-corrected chi connectivity index (χ0v) is 13.3. The fraction of sp³-hybridized carbons (Fsp3) is 0.562. The lowest BCUT2D eigenvalue weighted by Gasteiger charge is -2.19. The molecule has 0 fully saturated rings. The lowest BCUT2D eigenvalue weighted by molar-refractivity contribution is -0.122. The molecule has 0 aromatic heterocycles. The highest BCUT2D eigenvalue weighted by molar-refractivity contribution is 6.30. The van der Waals surface area contributed by atoms with Crippen LogP contribution in [0.25, 0.3) is 0 Å². The van der Waals surface area contributed by atoms with Gasteiger partial charge in [0.15, 0.2) is 0 Å². The minimum absolute atomic E-state index is 0.0164. The van der Waals surface area contributed by atoms with Gasteiger partial charge >= 0.3 is 0 Å². The van der Waals surface area contributed by atoms with Crippen LogP contribution in [0.2, 0.25) is 5.02 Å². The van der Waals surface area contributed by atoms with Crippen LogP contribution < -0.4 is 11.1 Å². The van der Waals surface area contributed by atoms with E-state index in [9.17, 15) is 4.79 Å². The van der Waals surface area contributed by atoms with Gasteiger partial charge in [-0.1, -0.05) is 37.6 Å². The molecule has 4 heteroatoms. The quantitative estimate of drug-likeness (QED) is 0.809. The van der Waals surface area contributed by atoms with Gasteiger partial charge in [0.25, 0.3) is 0 Å². The van der Waals surface area contributed by atoms with Crippen molar-refractivity contribution in [2.45, 2.75) is 39.7 Å². The summed E-state index contributed by atoms with van der Waals surface area (Å²) in [6.07, 6.45) is 1.48. The van der Waals surface area contributed by atoms with Crippen molar-refractivity contribution in [3.05, 3.63) is 34.9 Å². The SMILES string of the molecule is CC(C)CC(CN)CC(=O)NC(C)c1ccc(Cl)cc1. The fourth-order valence-electron chi connectivity index (χ4n) is 2.33. The lowest BCUT2D eigenvalue weighted by atomic mass is 9.94. The minimum Gasteiger partial charge on any atom is -0.350 e. The first-order valence-electron chi connectivity index (χ1n) is 7.17. The van der Waals surface area contributed by atoms with E-state index in [1.165, 1.54) is 0 Å². The van der Waals surface area contributed by atoms with E-state index in [4.69, 9.17) is 17.3 Å². The highest BCUT2D eigenvalue weighted by Crippen LogP contribution is 2.18. The van der Waals surface area contributed by atoms with Gasteiger partial charge in [-0.3, -0.25) is 4.79 Å². The molecule has 0 saturated carbocycles. The number of hydrogen-bond acceptors (Lipinski definition) is 2. The minimum atomic E-state index is -0.0164. The Kier molecular flexibility index (Phi) is 7.03. The van der Waals surface area contributed by atoms with E-state index in [1.807, 2.05) is 31.2 Å². The summed E-state index contributed by atoms with van der Waals surface area (Å²) >= 11 is 5.86. The maximum Gasteiger partial charge on any atom is 0.220 e. The molecule has 0 bridgehead atoms. The Morgan fingerprint density at radius 1 is 1.25 bits per heavy atom. The van der Waals surface area contributed by atoms with Crippen LogP contribution in [0.5, 0.6) is 0 Å². The zero-order valence-electron chi connectivity index (χ0n) is 12.5. The predicted molar refractivity (Wildman–Crippen MR) is 84.6 cm³/mol. The molecule has 0 heterocycles. The van der Waals surface area contributed by atoms with E-state index in [1.54, 1.807) is 0 Å². The second-order valence-corrected chi connectivity index (χ2v) is 6.21. The third-order valence-corrected chi connectivity index (χ3v) is 3.61. The average molecular weight is 297 g/mol. The summed E-state index contributed by atoms with van der Waals surface area (Å²) < 4.78 is 0. The molecular weight excluding hydrogens is 272 g/mol. The molecule has 0 radical (unpaired) electrons. The topological polar surface area (TPSA) is 55.1 Å². The van der Waals surface area contributed by atoms with E-state index >= 15 is 0 Å². The van der Waals surface area contributed by atoms with Crippen molar-refractivity contribution in [2.75, 3.05) is 6.54 Å². The fourth-order valence-corrected chi connectivity index (χ4v) is 2.45. The Balaban J connectivity index is 2.50. The molecule has 0 aliphatic heterocycles. The molecule has 112 valence electrons. The van der Waals surface area contributed by atoms with Gasteiger partial charge < -0.3 is 11.1 Å². The maximum absolute atomic E-state index is 12.1. The van der Waals surface area contributed by atoms with Crippen molar-refractivity contribution in [3.8, 4) is 0 Å². The Morgan fingerprint density at radius 3 is 2.35 bits per heavy atom. The van der Waals surface area contributed by atoms with Crippen LogP contribution in [0.1, 0.15) is 45.2 Å². The normalized spacial score (nSPS) is 14.1. The maximum atomic E-state index is 12.1. The molecule has 3 nitrogen and oxygen atoms in total. The van der Waals surface area contributed by atoms with Crippen molar-refractivity contribution in [1.29, 1.82) is 0 Å². The van der Waals surface area contributed by atoms with Crippen molar-refractivity contribution in [3.63, 3.8) is 0 Å². The number of rotatable bonds is 7. The molecular formula is C16H25ClN2O. The Morgan fingerprint density at radius 2 is 1.85 bits per heavy atom. The second-order valence-electron chi connectivity index (χ2n) is 5.78. The standard InChI is InChI=1S/C16H25ClN2O/c1-11(2)8-13(10-18)9-16(20)19-12(3)14-4-6-15(17)7-5-14/h4-7,11-13H,8-10,18H2,1-3H3,(H,19,20). The van der Waals surface area contributed by atoms with Crippen molar-refractivity contribution in [2.24, 2.45) is 17.6 Å². The van der Waals surface area contributed by atoms with Crippen LogP contribution in [0.3, 0.4) is 0 Å². The third kappa shape index (κ3) is 5.93. The van der Waals surface area contributed by atoms with E-state index in [-0.39, 0.29) is 17.9 Å². The smallest absolute Gasteiger partial charge is 0.220 e. The molecule has 0 aliphatic rings. The highest BCUT2D eigenvalue weighted by Gasteiger charge is 2.16. The largest absolute Gasteiger partial charge is 0.350 e. The Labute approximate surface area is 126 Å². The lowest BCUT2D eigenvalue weighted by Crippen LogP contribution is -2.30. The average Bonchev–Trinajstić information content (AvgIpc) is 2.37. The van der Waals surface area contributed by atoms with E-state index < -0.39 is 0 Å². The summed E-state index contributed by atoms with van der Waals surface area (Å²) in [5.74, 6) is 0.876. The van der Waals surface area contributed by atoms with Gasteiger partial charge in [-0.25, -0.2) is 0 Å². The van der Waals surface area contributed by atoms with Gasteiger partial charge in [0, 0.05) is 11.4 Å². The summed E-state index contributed by atoms with van der Waals surface area (Å²) in [5.41, 5.74) is 6.79. The Bertz CT molecular complexity index is 417. The van der Waals surface area contributed by atoms with Crippen LogP contribution in [0.4, 0.5) is 0 Å². The van der Waals surface area contributed by atoms with Crippen LogP contribution in [-0.4, -0.2) is 12.5 Å². The zero-order chi connectivity index (χ0) is 15.1. The summed E-state index contributed by atoms with van der Waals surface area (Å²) in [7, 11) is 0. The number of halogens is 1. The molecule has 2 atom stereocenters. The van der Waals surface area contributed by atoms with E-state index in [0.29, 0.717) is 23.9 Å². The van der Waals surface area contributed by atoms with Gasteiger partial charge in [0.05, 0.1) is 6.04 Å². The van der Waals surface area contributed by atoms with Crippen molar-refractivity contribution >= 4 is 17.5 Å². The summed E-state index contributed by atoms with van der Waals surface area (Å²) in [6.45, 7) is 6.83. The summed E-state index contributed by atoms with van der Waals surface area (Å²) in [6, 6.07) is 7.52. The number of carbonyl (C=O) groups is 1. The monoisotopic (exact) mass is 296 g/mol. The van der Waals surface area contributed by atoms with Crippen LogP contribution >= 0.6 is 11.6 Å². The molecule has 1 amide bonds. The van der Waals surface area contributed by atoms with Crippen LogP contribution in [0, 0.1) is 11.8 Å². The molecule has 2 unspecified atom stereocenters. The predicted octanol–water partition coefficient (Wildman–Crippen LogP) is 3.53. The van der Waals surface area contributed by atoms with Gasteiger partial charge in [-0.2, -0.15) is 0 Å². The van der Waals surface area contributed by atoms with Gasteiger partial charge in [-0.05, 0) is 49.4 Å². The number of benzene rings is 1. The molecule has 0 saturated heterocycles. The molecule has 20 heavy (non-hydrogen) atoms.